The molecule has 0 aliphatic rings. The van der Waals surface area contributed by atoms with Gasteiger partial charge in [0, 0.05) is 32.4 Å². The minimum atomic E-state index is -0.136. The zero-order valence-electron chi connectivity index (χ0n) is 21.5. The summed E-state index contributed by atoms with van der Waals surface area (Å²) >= 11 is 1.82. The molecule has 5 aromatic rings. The summed E-state index contributed by atoms with van der Waals surface area (Å²) in [5, 5.41) is 5.58. The number of rotatable bonds is 8. The number of carbonyl (C=O) groups is 1. The molecule has 2 aromatic heterocycles. The van der Waals surface area contributed by atoms with Gasteiger partial charge in [0.1, 0.15) is 5.69 Å². The molecule has 0 spiro atoms. The summed E-state index contributed by atoms with van der Waals surface area (Å²) in [7, 11) is 0. The summed E-state index contributed by atoms with van der Waals surface area (Å²) in [6.07, 6.45) is 9.68. The summed E-state index contributed by atoms with van der Waals surface area (Å²) in [5.41, 5.74) is 6.35. The maximum Gasteiger partial charge on any atom is 0.270 e. The summed E-state index contributed by atoms with van der Waals surface area (Å²) in [6.45, 7) is 6.83. The van der Waals surface area contributed by atoms with Gasteiger partial charge in [-0.3, -0.25) is 9.36 Å². The molecule has 5 heteroatoms. The van der Waals surface area contributed by atoms with Crippen molar-refractivity contribution in [2.75, 3.05) is 6.54 Å². The summed E-state index contributed by atoms with van der Waals surface area (Å²) in [5.74, 6) is -0.136. The van der Waals surface area contributed by atoms with Crippen molar-refractivity contribution in [3.8, 4) is 16.8 Å². The first-order chi connectivity index (χ1) is 18.0. The van der Waals surface area contributed by atoms with E-state index in [0.29, 0.717) is 12.2 Å². The number of fused-ring (bicyclic) bond motifs is 3. The molecular formula is C32H31N3OS. The van der Waals surface area contributed by atoms with Gasteiger partial charge in [-0.05, 0) is 62.9 Å². The van der Waals surface area contributed by atoms with Crippen LogP contribution >= 0.6 is 11.3 Å². The van der Waals surface area contributed by atoms with E-state index in [4.69, 9.17) is 0 Å². The van der Waals surface area contributed by atoms with E-state index in [2.05, 4.69) is 97.8 Å². The van der Waals surface area contributed by atoms with Crippen molar-refractivity contribution in [3.05, 3.63) is 108 Å². The van der Waals surface area contributed by atoms with Crippen LogP contribution in [0.5, 0.6) is 0 Å². The Hall–Kier alpha value is -3.96. The second-order valence-electron chi connectivity index (χ2n) is 9.56. The highest BCUT2D eigenvalue weighted by atomic mass is 32.1. The molecule has 186 valence electrons. The fourth-order valence-corrected chi connectivity index (χ4v) is 5.80. The van der Waals surface area contributed by atoms with Crippen molar-refractivity contribution in [3.63, 3.8) is 0 Å². The van der Waals surface area contributed by atoms with E-state index in [1.165, 1.54) is 36.9 Å². The molecule has 4 nitrogen and oxygen atoms in total. The number of imidazole rings is 1. The van der Waals surface area contributed by atoms with Gasteiger partial charge in [0.15, 0.2) is 0 Å². The van der Waals surface area contributed by atoms with Gasteiger partial charge in [-0.25, -0.2) is 4.98 Å². The second-order valence-corrected chi connectivity index (χ2v) is 10.6. The van der Waals surface area contributed by atoms with Crippen LogP contribution in [0.2, 0.25) is 0 Å². The zero-order chi connectivity index (χ0) is 25.8. The van der Waals surface area contributed by atoms with E-state index in [1.807, 2.05) is 28.0 Å². The Labute approximate surface area is 222 Å². The molecule has 0 bridgehead atoms. The van der Waals surface area contributed by atoms with Gasteiger partial charge < -0.3 is 5.32 Å². The van der Waals surface area contributed by atoms with Gasteiger partial charge in [-0.1, -0.05) is 71.8 Å². The molecule has 0 saturated heterocycles. The highest BCUT2D eigenvalue weighted by molar-refractivity contribution is 7.26. The Balaban J connectivity index is 1.38. The van der Waals surface area contributed by atoms with E-state index >= 15 is 0 Å². The van der Waals surface area contributed by atoms with E-state index in [9.17, 15) is 4.79 Å². The number of allylic oxidation sites excluding steroid dienone is 3. The third-order valence-electron chi connectivity index (χ3n) is 6.52. The SMILES string of the molecule is CC(C)=CCC/C(C)=C/CNC(=O)c1cncn1-c1cccc(-c2cccc3c2sc2ccccc23)c1. The lowest BCUT2D eigenvalue weighted by Gasteiger charge is -2.11. The largest absolute Gasteiger partial charge is 0.347 e. The lowest BCUT2D eigenvalue weighted by molar-refractivity contribution is 0.0951. The first-order valence-corrected chi connectivity index (χ1v) is 13.4. The zero-order valence-corrected chi connectivity index (χ0v) is 22.3. The Morgan fingerprint density at radius 3 is 2.65 bits per heavy atom. The number of amides is 1. The molecule has 0 aliphatic carbocycles. The maximum atomic E-state index is 13.0. The summed E-state index contributed by atoms with van der Waals surface area (Å²) in [4.78, 5) is 17.3. The van der Waals surface area contributed by atoms with Crippen LogP contribution in [0.25, 0.3) is 37.0 Å². The van der Waals surface area contributed by atoms with Gasteiger partial charge in [-0.15, -0.1) is 11.3 Å². The molecule has 0 aliphatic heterocycles. The average molecular weight is 506 g/mol. The van der Waals surface area contributed by atoms with Crippen molar-refractivity contribution in [2.45, 2.75) is 33.6 Å². The van der Waals surface area contributed by atoms with E-state index in [-0.39, 0.29) is 5.91 Å². The maximum absolute atomic E-state index is 13.0. The highest BCUT2D eigenvalue weighted by Crippen LogP contribution is 2.40. The number of carbonyl (C=O) groups excluding carboxylic acids is 1. The number of thiophene rings is 1. The highest BCUT2D eigenvalue weighted by Gasteiger charge is 2.14. The van der Waals surface area contributed by atoms with Gasteiger partial charge in [0.2, 0.25) is 0 Å². The smallest absolute Gasteiger partial charge is 0.270 e. The quantitative estimate of drug-likeness (QED) is 0.215. The van der Waals surface area contributed by atoms with Crippen molar-refractivity contribution in [2.24, 2.45) is 0 Å². The predicted octanol–water partition coefficient (Wildman–Crippen LogP) is 8.33. The third-order valence-corrected chi connectivity index (χ3v) is 7.74. The fourth-order valence-electron chi connectivity index (χ4n) is 4.57. The lowest BCUT2D eigenvalue weighted by atomic mass is 10.0. The Kier molecular flexibility index (Phi) is 7.33. The summed E-state index contributed by atoms with van der Waals surface area (Å²) < 4.78 is 4.42. The molecular weight excluding hydrogens is 474 g/mol. The van der Waals surface area contributed by atoms with Gasteiger partial charge in [-0.2, -0.15) is 0 Å². The average Bonchev–Trinajstić information content (AvgIpc) is 3.54. The first-order valence-electron chi connectivity index (χ1n) is 12.6. The summed E-state index contributed by atoms with van der Waals surface area (Å²) in [6, 6.07) is 23.3. The van der Waals surface area contributed by atoms with E-state index < -0.39 is 0 Å². The second kappa shape index (κ2) is 11.0. The van der Waals surface area contributed by atoms with Gasteiger partial charge >= 0.3 is 0 Å². The molecule has 1 amide bonds. The minimum Gasteiger partial charge on any atom is -0.347 e. The number of benzene rings is 3. The Morgan fingerprint density at radius 2 is 1.78 bits per heavy atom. The Morgan fingerprint density at radius 1 is 0.973 bits per heavy atom. The molecule has 0 atom stereocenters. The van der Waals surface area contributed by atoms with Crippen LogP contribution in [0.1, 0.15) is 44.1 Å². The number of hydrogen-bond donors (Lipinski definition) is 1. The molecule has 0 fully saturated rings. The molecule has 0 radical (unpaired) electrons. The number of nitrogens with zero attached hydrogens (tertiary/aromatic N) is 2. The minimum absolute atomic E-state index is 0.136. The predicted molar refractivity (Wildman–Crippen MR) is 157 cm³/mol. The topological polar surface area (TPSA) is 46.9 Å². The number of nitrogens with one attached hydrogen (secondary N) is 1. The molecule has 2 heterocycles. The Bertz CT molecular complexity index is 1630. The number of hydrogen-bond acceptors (Lipinski definition) is 3. The van der Waals surface area contributed by atoms with Crippen molar-refractivity contribution < 1.29 is 4.79 Å². The third kappa shape index (κ3) is 5.42. The van der Waals surface area contributed by atoms with E-state index in [1.54, 1.807) is 12.5 Å². The molecule has 1 N–H and O–H groups in total. The monoisotopic (exact) mass is 505 g/mol. The number of aromatic nitrogens is 2. The first kappa shape index (κ1) is 24.7. The normalized spacial score (nSPS) is 11.7. The van der Waals surface area contributed by atoms with Crippen LogP contribution in [0.3, 0.4) is 0 Å². The van der Waals surface area contributed by atoms with Crippen molar-refractivity contribution >= 4 is 37.4 Å². The van der Waals surface area contributed by atoms with Crippen LogP contribution in [0.4, 0.5) is 0 Å². The van der Waals surface area contributed by atoms with Crippen LogP contribution in [0.15, 0.2) is 103 Å². The van der Waals surface area contributed by atoms with Crippen molar-refractivity contribution in [1.82, 2.24) is 14.9 Å². The van der Waals surface area contributed by atoms with Crippen LogP contribution < -0.4 is 5.32 Å². The van der Waals surface area contributed by atoms with E-state index in [0.717, 1.165) is 24.1 Å². The standard InChI is InChI=1S/C32H31N3OS/c1-22(2)9-6-10-23(3)17-18-34-32(36)29-20-33-21-35(29)25-12-7-11-24(19-25)26-14-8-15-28-27-13-4-5-16-30(27)37-31(26)28/h4-5,7-9,11-17,19-21H,6,10,18H2,1-3H3,(H,34,36)/b23-17+. The van der Waals surface area contributed by atoms with Crippen LogP contribution in [-0.2, 0) is 0 Å². The van der Waals surface area contributed by atoms with Crippen LogP contribution in [-0.4, -0.2) is 22.0 Å². The van der Waals surface area contributed by atoms with Crippen molar-refractivity contribution in [1.29, 1.82) is 0 Å². The van der Waals surface area contributed by atoms with Crippen LogP contribution in [0, 0.1) is 0 Å². The van der Waals surface area contributed by atoms with Gasteiger partial charge in [0.25, 0.3) is 5.91 Å². The molecule has 5 rings (SSSR count). The fraction of sp³-hybridized carbons (Fsp3) is 0.188. The molecule has 37 heavy (non-hydrogen) atoms. The molecule has 0 unspecified atom stereocenters. The molecule has 3 aromatic carbocycles. The lowest BCUT2D eigenvalue weighted by Crippen LogP contribution is -2.25. The molecule has 0 saturated carbocycles. The van der Waals surface area contributed by atoms with Gasteiger partial charge in [0.05, 0.1) is 12.5 Å².